The van der Waals surface area contributed by atoms with Crippen molar-refractivity contribution in [1.82, 2.24) is 10.2 Å². The zero-order valence-electron chi connectivity index (χ0n) is 18.6. The molecule has 0 aromatic heterocycles. The number of amides is 2. The maximum absolute atomic E-state index is 13.8. The summed E-state index contributed by atoms with van der Waals surface area (Å²) in [5, 5.41) is 2.23. The van der Waals surface area contributed by atoms with Crippen molar-refractivity contribution < 1.29 is 27.5 Å². The molecule has 0 radical (unpaired) electrons. The molecule has 4 rings (SSSR count). The Hall–Kier alpha value is -3.40. The molecular weight excluding hydrogens is 449 g/mol. The smallest absolute Gasteiger partial charge is 0.381 e. The van der Waals surface area contributed by atoms with Gasteiger partial charge in [-0.1, -0.05) is 36.4 Å². The predicted octanol–water partition coefficient (Wildman–Crippen LogP) is 3.04. The number of hydrogen-bond donors (Lipinski definition) is 2. The van der Waals surface area contributed by atoms with Crippen LogP contribution in [-0.4, -0.2) is 42.9 Å². The highest BCUT2D eigenvalue weighted by molar-refractivity contribution is 6.07. The molecule has 2 aliphatic rings. The SMILES string of the molecule is CNC(=O)c1cc(CN2C(=O)C(C[C@@H]3CCOC3)(c3ccccc3)N=C2N)ccc1C(F)(F)F. The molecule has 10 heteroatoms. The van der Waals surface area contributed by atoms with Gasteiger partial charge in [0.05, 0.1) is 17.7 Å². The molecule has 0 saturated carbocycles. The number of nitrogens with zero attached hydrogens (tertiary/aromatic N) is 2. The normalized spacial score (nSPS) is 22.7. The lowest BCUT2D eigenvalue weighted by Gasteiger charge is -2.28. The number of nitrogens with two attached hydrogens (primary N) is 1. The second-order valence-corrected chi connectivity index (χ2v) is 8.48. The predicted molar refractivity (Wildman–Crippen MR) is 119 cm³/mol. The van der Waals surface area contributed by atoms with Gasteiger partial charge in [0.25, 0.3) is 11.8 Å². The van der Waals surface area contributed by atoms with Crippen LogP contribution in [0.4, 0.5) is 13.2 Å². The average Bonchev–Trinajstić information content (AvgIpc) is 3.41. The van der Waals surface area contributed by atoms with E-state index in [-0.39, 0.29) is 24.3 Å². The molecule has 2 aliphatic heterocycles. The summed E-state index contributed by atoms with van der Waals surface area (Å²) in [7, 11) is 1.25. The van der Waals surface area contributed by atoms with E-state index >= 15 is 0 Å². The van der Waals surface area contributed by atoms with Gasteiger partial charge in [0, 0.05) is 20.3 Å². The molecule has 34 heavy (non-hydrogen) atoms. The van der Waals surface area contributed by atoms with Crippen LogP contribution in [0.25, 0.3) is 0 Å². The van der Waals surface area contributed by atoms with Crippen molar-refractivity contribution in [2.24, 2.45) is 16.6 Å². The Kier molecular flexibility index (Phi) is 6.35. The van der Waals surface area contributed by atoms with E-state index in [4.69, 9.17) is 10.5 Å². The third-order valence-electron chi connectivity index (χ3n) is 6.24. The summed E-state index contributed by atoms with van der Waals surface area (Å²) in [4.78, 5) is 31.8. The Labute approximate surface area is 194 Å². The molecule has 3 N–H and O–H groups in total. The fourth-order valence-electron chi connectivity index (χ4n) is 4.54. The number of guanidine groups is 1. The van der Waals surface area contributed by atoms with Crippen molar-refractivity contribution in [3.63, 3.8) is 0 Å². The first kappa shape index (κ1) is 23.7. The summed E-state index contributed by atoms with van der Waals surface area (Å²) in [5.74, 6) is -1.13. The molecule has 1 saturated heterocycles. The van der Waals surface area contributed by atoms with Crippen LogP contribution in [0.3, 0.4) is 0 Å². The van der Waals surface area contributed by atoms with Gasteiger partial charge in [0.2, 0.25) is 0 Å². The first-order valence-corrected chi connectivity index (χ1v) is 10.9. The van der Waals surface area contributed by atoms with Crippen LogP contribution in [0.1, 0.15) is 39.9 Å². The van der Waals surface area contributed by atoms with Crippen molar-refractivity contribution in [3.05, 3.63) is 70.8 Å². The van der Waals surface area contributed by atoms with Gasteiger partial charge in [0.1, 0.15) is 0 Å². The van der Waals surface area contributed by atoms with E-state index in [1.807, 2.05) is 30.3 Å². The number of benzene rings is 2. The minimum absolute atomic E-state index is 0.0193. The van der Waals surface area contributed by atoms with Crippen LogP contribution >= 0.6 is 0 Å². The van der Waals surface area contributed by atoms with E-state index in [0.717, 1.165) is 18.6 Å². The van der Waals surface area contributed by atoms with Crippen LogP contribution in [0.15, 0.2) is 53.5 Å². The van der Waals surface area contributed by atoms with E-state index in [1.165, 1.54) is 18.0 Å². The molecular formula is C24H25F3N4O3. The van der Waals surface area contributed by atoms with Gasteiger partial charge in [-0.3, -0.25) is 14.5 Å². The van der Waals surface area contributed by atoms with Gasteiger partial charge in [-0.15, -0.1) is 0 Å². The standard InChI is InChI=1S/C24H25F3N4O3/c1-29-20(32)18-11-15(7-8-19(18)24(25,26)27)13-31-21(33)23(30-22(31)28,12-16-9-10-34-14-16)17-5-3-2-4-6-17/h2-8,11,16H,9-10,12-14H2,1H3,(H2,28,30)(H,29,32)/t16-,23?/m0/s1. The Morgan fingerprint density at radius 2 is 2.00 bits per heavy atom. The first-order valence-electron chi connectivity index (χ1n) is 10.9. The molecule has 2 atom stereocenters. The number of carbonyl (C=O) groups is 2. The molecule has 2 amide bonds. The molecule has 180 valence electrons. The lowest BCUT2D eigenvalue weighted by molar-refractivity contribution is -0.138. The van der Waals surface area contributed by atoms with Gasteiger partial charge in [-0.25, -0.2) is 4.99 Å². The summed E-state index contributed by atoms with van der Waals surface area (Å²) in [5.41, 5.74) is 4.40. The number of ether oxygens (including phenoxy) is 1. The van der Waals surface area contributed by atoms with Crippen LogP contribution < -0.4 is 11.1 Å². The van der Waals surface area contributed by atoms with Crippen LogP contribution in [0, 0.1) is 5.92 Å². The fourth-order valence-corrected chi connectivity index (χ4v) is 4.54. The van der Waals surface area contributed by atoms with Crippen molar-refractivity contribution in [2.75, 3.05) is 20.3 Å². The number of nitrogens with one attached hydrogen (secondary N) is 1. The minimum atomic E-state index is -4.70. The number of alkyl halides is 3. The maximum atomic E-state index is 13.8. The molecule has 7 nitrogen and oxygen atoms in total. The second kappa shape index (κ2) is 9.09. The molecule has 0 spiro atoms. The van der Waals surface area contributed by atoms with E-state index < -0.39 is 28.7 Å². The van der Waals surface area contributed by atoms with Crippen molar-refractivity contribution in [3.8, 4) is 0 Å². The topological polar surface area (TPSA) is 97.0 Å². The summed E-state index contributed by atoms with van der Waals surface area (Å²) in [6.07, 6.45) is -3.49. The third kappa shape index (κ3) is 4.37. The maximum Gasteiger partial charge on any atom is 0.417 e. The highest BCUT2D eigenvalue weighted by Crippen LogP contribution is 2.41. The molecule has 0 bridgehead atoms. The van der Waals surface area contributed by atoms with Crippen molar-refractivity contribution >= 4 is 17.8 Å². The Morgan fingerprint density at radius 3 is 2.62 bits per heavy atom. The van der Waals surface area contributed by atoms with Crippen molar-refractivity contribution in [1.29, 1.82) is 0 Å². The molecule has 2 heterocycles. The lowest BCUT2D eigenvalue weighted by Crippen LogP contribution is -2.43. The van der Waals surface area contributed by atoms with Gasteiger partial charge < -0.3 is 15.8 Å². The van der Waals surface area contributed by atoms with E-state index in [0.29, 0.717) is 30.8 Å². The molecule has 2 aromatic carbocycles. The highest BCUT2D eigenvalue weighted by atomic mass is 19.4. The Morgan fingerprint density at radius 1 is 1.26 bits per heavy atom. The largest absolute Gasteiger partial charge is 0.417 e. The van der Waals surface area contributed by atoms with Gasteiger partial charge in [-0.2, -0.15) is 13.2 Å². The average molecular weight is 474 g/mol. The molecule has 2 aromatic rings. The number of carbonyl (C=O) groups excluding carboxylic acids is 2. The fraction of sp³-hybridized carbons (Fsp3) is 0.375. The van der Waals surface area contributed by atoms with E-state index in [9.17, 15) is 22.8 Å². The zero-order valence-corrected chi connectivity index (χ0v) is 18.6. The number of hydrogen-bond acceptors (Lipinski definition) is 5. The number of rotatable bonds is 6. The quantitative estimate of drug-likeness (QED) is 0.673. The second-order valence-electron chi connectivity index (χ2n) is 8.48. The molecule has 1 unspecified atom stereocenters. The summed E-state index contributed by atoms with van der Waals surface area (Å²) >= 11 is 0. The van der Waals surface area contributed by atoms with Crippen LogP contribution in [-0.2, 0) is 27.8 Å². The Balaban J connectivity index is 1.68. The van der Waals surface area contributed by atoms with E-state index in [2.05, 4.69) is 10.3 Å². The Bertz CT molecular complexity index is 1110. The highest BCUT2D eigenvalue weighted by Gasteiger charge is 2.50. The molecule has 1 fully saturated rings. The zero-order chi connectivity index (χ0) is 24.5. The summed E-state index contributed by atoms with van der Waals surface area (Å²) < 4.78 is 45.7. The number of aliphatic imine (C=N–C) groups is 1. The summed E-state index contributed by atoms with van der Waals surface area (Å²) in [6.45, 7) is 1.01. The minimum Gasteiger partial charge on any atom is -0.381 e. The first-order chi connectivity index (χ1) is 16.2. The molecule has 0 aliphatic carbocycles. The van der Waals surface area contributed by atoms with Crippen LogP contribution in [0.5, 0.6) is 0 Å². The van der Waals surface area contributed by atoms with Crippen molar-refractivity contribution in [2.45, 2.75) is 31.1 Å². The van der Waals surface area contributed by atoms with E-state index in [1.54, 1.807) is 0 Å². The van der Waals surface area contributed by atoms with Crippen LogP contribution in [0.2, 0.25) is 0 Å². The third-order valence-corrected chi connectivity index (χ3v) is 6.24. The number of halogens is 3. The lowest BCUT2D eigenvalue weighted by atomic mass is 9.81. The monoisotopic (exact) mass is 474 g/mol. The van der Waals surface area contributed by atoms with Gasteiger partial charge in [0.15, 0.2) is 11.5 Å². The summed E-state index contributed by atoms with van der Waals surface area (Å²) in [6, 6.07) is 12.3. The van der Waals surface area contributed by atoms with Gasteiger partial charge >= 0.3 is 6.18 Å². The van der Waals surface area contributed by atoms with Gasteiger partial charge in [-0.05, 0) is 42.0 Å².